The van der Waals surface area contributed by atoms with E-state index in [0.717, 1.165) is 32.7 Å². The van der Waals surface area contributed by atoms with Crippen molar-refractivity contribution in [3.05, 3.63) is 28.4 Å². The predicted molar refractivity (Wildman–Crippen MR) is 68.7 cm³/mol. The molecule has 0 amide bonds. The molecule has 0 aliphatic carbocycles. The van der Waals surface area contributed by atoms with Gasteiger partial charge in [0, 0.05) is 51.5 Å². The van der Waals surface area contributed by atoms with Crippen LogP contribution in [0.25, 0.3) is 0 Å². The van der Waals surface area contributed by atoms with Crippen LogP contribution in [0.1, 0.15) is 0 Å². The zero-order valence-corrected chi connectivity index (χ0v) is 10.1. The van der Waals surface area contributed by atoms with Crippen LogP contribution < -0.4 is 10.6 Å². The number of piperazine rings is 1. The first kappa shape index (κ1) is 12.7. The highest BCUT2D eigenvalue weighted by Crippen LogP contribution is 2.19. The van der Waals surface area contributed by atoms with E-state index < -0.39 is 4.92 Å². The van der Waals surface area contributed by atoms with Crippen LogP contribution in [0.15, 0.2) is 18.3 Å². The zero-order chi connectivity index (χ0) is 12.8. The summed E-state index contributed by atoms with van der Waals surface area (Å²) < 4.78 is 0. The molecular formula is C11H17N5O2. The normalized spacial score (nSPS) is 16.4. The van der Waals surface area contributed by atoms with Crippen molar-refractivity contribution in [2.45, 2.75) is 0 Å². The van der Waals surface area contributed by atoms with Crippen molar-refractivity contribution in [2.75, 3.05) is 44.6 Å². The lowest BCUT2D eigenvalue weighted by molar-refractivity contribution is -0.384. The summed E-state index contributed by atoms with van der Waals surface area (Å²) in [5.41, 5.74) is 0.0258. The van der Waals surface area contributed by atoms with Gasteiger partial charge in [-0.2, -0.15) is 0 Å². The summed E-state index contributed by atoms with van der Waals surface area (Å²) in [6.07, 6.45) is 1.56. The fourth-order valence-corrected chi connectivity index (χ4v) is 1.95. The van der Waals surface area contributed by atoms with Crippen LogP contribution in [0.4, 0.5) is 11.5 Å². The smallest absolute Gasteiger partial charge is 0.311 e. The molecule has 0 saturated carbocycles. The first-order valence-corrected chi connectivity index (χ1v) is 6.04. The summed E-state index contributed by atoms with van der Waals surface area (Å²) in [4.78, 5) is 16.7. The molecule has 0 bridgehead atoms. The van der Waals surface area contributed by atoms with Gasteiger partial charge in [-0.15, -0.1) is 0 Å². The Bertz CT molecular complexity index is 406. The summed E-state index contributed by atoms with van der Waals surface area (Å²) in [5, 5.41) is 17.1. The lowest BCUT2D eigenvalue weighted by Crippen LogP contribution is -2.45. The maximum absolute atomic E-state index is 10.8. The molecule has 7 heteroatoms. The van der Waals surface area contributed by atoms with Gasteiger partial charge >= 0.3 is 5.69 Å². The summed E-state index contributed by atoms with van der Waals surface area (Å²) in [6, 6.07) is 3.03. The average molecular weight is 251 g/mol. The van der Waals surface area contributed by atoms with Gasteiger partial charge in [0.2, 0.25) is 5.82 Å². The van der Waals surface area contributed by atoms with E-state index in [2.05, 4.69) is 20.5 Å². The minimum Gasteiger partial charge on any atom is -0.363 e. The summed E-state index contributed by atoms with van der Waals surface area (Å²) in [6.45, 7) is 5.58. The van der Waals surface area contributed by atoms with E-state index in [1.54, 1.807) is 12.3 Å². The molecule has 7 nitrogen and oxygen atoms in total. The number of nitrogens with zero attached hydrogens (tertiary/aromatic N) is 3. The first-order chi connectivity index (χ1) is 8.77. The molecule has 1 aliphatic rings. The van der Waals surface area contributed by atoms with Gasteiger partial charge in [0.1, 0.15) is 0 Å². The van der Waals surface area contributed by atoms with E-state index in [-0.39, 0.29) is 5.69 Å². The van der Waals surface area contributed by atoms with E-state index in [1.165, 1.54) is 6.07 Å². The number of aromatic nitrogens is 1. The van der Waals surface area contributed by atoms with Crippen molar-refractivity contribution in [2.24, 2.45) is 0 Å². The molecule has 18 heavy (non-hydrogen) atoms. The van der Waals surface area contributed by atoms with E-state index in [1.807, 2.05) is 0 Å². The van der Waals surface area contributed by atoms with Crippen molar-refractivity contribution in [3.8, 4) is 0 Å². The Balaban J connectivity index is 1.84. The molecule has 0 unspecified atom stereocenters. The Kier molecular flexibility index (Phi) is 4.43. The van der Waals surface area contributed by atoms with E-state index in [4.69, 9.17) is 0 Å². The van der Waals surface area contributed by atoms with E-state index >= 15 is 0 Å². The molecule has 1 saturated heterocycles. The van der Waals surface area contributed by atoms with Gasteiger partial charge in [-0.05, 0) is 6.07 Å². The minimum absolute atomic E-state index is 0.0258. The van der Waals surface area contributed by atoms with Crippen LogP contribution in [0, 0.1) is 10.1 Å². The van der Waals surface area contributed by atoms with Gasteiger partial charge in [0.05, 0.1) is 4.92 Å². The Hall–Kier alpha value is -1.73. The average Bonchev–Trinajstić information content (AvgIpc) is 2.40. The maximum Gasteiger partial charge on any atom is 0.311 e. The van der Waals surface area contributed by atoms with Crippen molar-refractivity contribution in [3.63, 3.8) is 0 Å². The fraction of sp³-hybridized carbons (Fsp3) is 0.545. The van der Waals surface area contributed by atoms with Crippen LogP contribution in [-0.2, 0) is 0 Å². The predicted octanol–water partition coefficient (Wildman–Crippen LogP) is 0.307. The summed E-state index contributed by atoms with van der Waals surface area (Å²) in [7, 11) is 0. The molecule has 98 valence electrons. The largest absolute Gasteiger partial charge is 0.363 e. The number of anilines is 1. The van der Waals surface area contributed by atoms with Gasteiger partial charge in [0.15, 0.2) is 0 Å². The van der Waals surface area contributed by atoms with Crippen molar-refractivity contribution in [1.82, 2.24) is 15.2 Å². The van der Waals surface area contributed by atoms with Crippen LogP contribution in [-0.4, -0.2) is 54.1 Å². The topological polar surface area (TPSA) is 83.3 Å². The third kappa shape index (κ3) is 3.38. The summed E-state index contributed by atoms with van der Waals surface area (Å²) in [5.74, 6) is 0.345. The Morgan fingerprint density at radius 3 is 3.00 bits per heavy atom. The first-order valence-electron chi connectivity index (χ1n) is 6.04. The van der Waals surface area contributed by atoms with Crippen molar-refractivity contribution < 1.29 is 4.92 Å². The molecule has 1 aromatic rings. The van der Waals surface area contributed by atoms with Crippen LogP contribution in [0.3, 0.4) is 0 Å². The minimum atomic E-state index is -0.417. The van der Waals surface area contributed by atoms with Gasteiger partial charge < -0.3 is 10.6 Å². The monoisotopic (exact) mass is 251 g/mol. The van der Waals surface area contributed by atoms with Crippen LogP contribution in [0.2, 0.25) is 0 Å². The van der Waals surface area contributed by atoms with Gasteiger partial charge in [-0.1, -0.05) is 0 Å². The van der Waals surface area contributed by atoms with Gasteiger partial charge in [-0.3, -0.25) is 15.0 Å². The van der Waals surface area contributed by atoms with E-state index in [9.17, 15) is 10.1 Å². The highest BCUT2D eigenvalue weighted by molar-refractivity contribution is 5.54. The van der Waals surface area contributed by atoms with Crippen LogP contribution >= 0.6 is 0 Å². The Morgan fingerprint density at radius 2 is 2.28 bits per heavy atom. The molecule has 0 aromatic carbocycles. The number of nitro groups is 1. The highest BCUT2D eigenvalue weighted by Gasteiger charge is 2.14. The molecular weight excluding hydrogens is 234 g/mol. The zero-order valence-electron chi connectivity index (χ0n) is 10.1. The quantitative estimate of drug-likeness (QED) is 0.579. The lowest BCUT2D eigenvalue weighted by Gasteiger charge is -2.27. The fourth-order valence-electron chi connectivity index (χ4n) is 1.95. The third-order valence-electron chi connectivity index (χ3n) is 2.91. The number of nitrogens with one attached hydrogen (secondary N) is 2. The number of hydrogen-bond donors (Lipinski definition) is 2. The van der Waals surface area contributed by atoms with Crippen LogP contribution in [0.5, 0.6) is 0 Å². The lowest BCUT2D eigenvalue weighted by atomic mass is 10.3. The van der Waals surface area contributed by atoms with Gasteiger partial charge in [-0.25, -0.2) is 4.98 Å². The molecule has 0 radical (unpaired) electrons. The van der Waals surface area contributed by atoms with Crippen molar-refractivity contribution in [1.29, 1.82) is 0 Å². The highest BCUT2D eigenvalue weighted by atomic mass is 16.6. The van der Waals surface area contributed by atoms with Gasteiger partial charge in [0.25, 0.3) is 0 Å². The Labute approximate surface area is 105 Å². The second kappa shape index (κ2) is 6.27. The number of rotatable bonds is 5. The molecule has 2 N–H and O–H groups in total. The second-order valence-electron chi connectivity index (χ2n) is 4.15. The van der Waals surface area contributed by atoms with E-state index in [0.29, 0.717) is 12.4 Å². The van der Waals surface area contributed by atoms with Crippen molar-refractivity contribution >= 4 is 11.5 Å². The second-order valence-corrected chi connectivity index (χ2v) is 4.15. The molecule has 0 atom stereocenters. The molecule has 2 rings (SSSR count). The molecule has 1 aromatic heterocycles. The molecule has 2 heterocycles. The molecule has 1 fully saturated rings. The summed E-state index contributed by atoms with van der Waals surface area (Å²) >= 11 is 0. The number of pyridine rings is 1. The SMILES string of the molecule is O=[N+]([O-])c1cccnc1NCCN1CCNCC1. The third-order valence-corrected chi connectivity index (χ3v) is 2.91. The molecule has 1 aliphatic heterocycles. The maximum atomic E-state index is 10.8. The standard InChI is InChI=1S/C11H17N5O2/c17-16(18)10-2-1-3-13-11(10)14-6-9-15-7-4-12-5-8-15/h1-3,12H,4-9H2,(H,13,14). The Morgan fingerprint density at radius 1 is 1.50 bits per heavy atom. The molecule has 0 spiro atoms. The number of hydrogen-bond acceptors (Lipinski definition) is 6.